The van der Waals surface area contributed by atoms with Gasteiger partial charge in [0, 0.05) is 32.7 Å². The van der Waals surface area contributed by atoms with E-state index in [1.165, 1.54) is 25.4 Å². The van der Waals surface area contributed by atoms with Gasteiger partial charge in [0.05, 0.1) is 5.69 Å². The summed E-state index contributed by atoms with van der Waals surface area (Å²) in [6, 6.07) is 6.83. The van der Waals surface area contributed by atoms with E-state index in [0.29, 0.717) is 17.3 Å². The SMILES string of the molecule is CN(C)S(=O)(=O)N(C)c1ccc(C(=O)NC2CC2)cc1. The second-order valence-electron chi connectivity index (χ2n) is 5.05. The molecule has 0 aromatic heterocycles. The number of carbonyl (C=O) groups is 1. The van der Waals surface area contributed by atoms with Crippen molar-refractivity contribution < 1.29 is 13.2 Å². The van der Waals surface area contributed by atoms with Gasteiger partial charge < -0.3 is 5.32 Å². The van der Waals surface area contributed by atoms with E-state index in [4.69, 9.17) is 0 Å². The highest BCUT2D eigenvalue weighted by Crippen LogP contribution is 2.21. The van der Waals surface area contributed by atoms with Crippen LogP contribution in [0.1, 0.15) is 23.2 Å². The molecule has 1 amide bonds. The topological polar surface area (TPSA) is 69.7 Å². The molecule has 0 aliphatic heterocycles. The van der Waals surface area contributed by atoms with Gasteiger partial charge in [-0.05, 0) is 37.1 Å². The van der Waals surface area contributed by atoms with Crippen molar-refractivity contribution in [1.82, 2.24) is 9.62 Å². The van der Waals surface area contributed by atoms with Gasteiger partial charge in [0.15, 0.2) is 0 Å². The van der Waals surface area contributed by atoms with Crippen molar-refractivity contribution in [2.75, 3.05) is 25.4 Å². The first-order chi connectivity index (χ1) is 9.32. The molecule has 0 radical (unpaired) electrons. The lowest BCUT2D eigenvalue weighted by molar-refractivity contribution is 0.0951. The van der Waals surface area contributed by atoms with E-state index in [1.807, 2.05) is 0 Å². The summed E-state index contributed by atoms with van der Waals surface area (Å²) < 4.78 is 26.3. The normalized spacial score (nSPS) is 15.2. The monoisotopic (exact) mass is 297 g/mol. The molecule has 0 bridgehead atoms. The summed E-state index contributed by atoms with van der Waals surface area (Å²) in [6.07, 6.45) is 2.07. The molecule has 0 heterocycles. The van der Waals surface area contributed by atoms with Gasteiger partial charge in [0.25, 0.3) is 5.91 Å². The average Bonchev–Trinajstić information content (AvgIpc) is 3.21. The van der Waals surface area contributed by atoms with Crippen LogP contribution < -0.4 is 9.62 Å². The molecule has 0 atom stereocenters. The average molecular weight is 297 g/mol. The van der Waals surface area contributed by atoms with Crippen molar-refractivity contribution >= 4 is 21.8 Å². The highest BCUT2D eigenvalue weighted by atomic mass is 32.2. The van der Waals surface area contributed by atoms with Gasteiger partial charge in [-0.2, -0.15) is 12.7 Å². The number of carbonyl (C=O) groups excluding carboxylic acids is 1. The zero-order chi connectivity index (χ0) is 14.9. The number of nitrogens with zero attached hydrogens (tertiary/aromatic N) is 2. The van der Waals surface area contributed by atoms with Crippen LogP contribution in [0.15, 0.2) is 24.3 Å². The van der Waals surface area contributed by atoms with Crippen LogP contribution in [0.25, 0.3) is 0 Å². The minimum Gasteiger partial charge on any atom is -0.349 e. The second kappa shape index (κ2) is 5.41. The van der Waals surface area contributed by atoms with Crippen molar-refractivity contribution in [3.63, 3.8) is 0 Å². The molecule has 6 nitrogen and oxygen atoms in total. The summed E-state index contributed by atoms with van der Waals surface area (Å²) >= 11 is 0. The molecule has 1 aliphatic carbocycles. The number of rotatable bonds is 5. The molecule has 0 saturated heterocycles. The molecule has 0 spiro atoms. The third-order valence-corrected chi connectivity index (χ3v) is 5.04. The molecule has 1 saturated carbocycles. The van der Waals surface area contributed by atoms with E-state index in [2.05, 4.69) is 5.32 Å². The maximum Gasteiger partial charge on any atom is 0.303 e. The number of nitrogens with one attached hydrogen (secondary N) is 1. The van der Waals surface area contributed by atoms with Crippen LogP contribution in [-0.2, 0) is 10.2 Å². The summed E-state index contributed by atoms with van der Waals surface area (Å²) in [6.45, 7) is 0. The fourth-order valence-electron chi connectivity index (χ4n) is 1.70. The van der Waals surface area contributed by atoms with Gasteiger partial charge in [-0.25, -0.2) is 0 Å². The highest BCUT2D eigenvalue weighted by Gasteiger charge is 2.24. The Labute approximate surface area is 119 Å². The predicted molar refractivity (Wildman–Crippen MR) is 77.9 cm³/mol. The Morgan fingerprint density at radius 1 is 1.15 bits per heavy atom. The van der Waals surface area contributed by atoms with E-state index in [9.17, 15) is 13.2 Å². The van der Waals surface area contributed by atoms with Crippen molar-refractivity contribution in [3.05, 3.63) is 29.8 Å². The number of benzene rings is 1. The van der Waals surface area contributed by atoms with Gasteiger partial charge in [0.1, 0.15) is 0 Å². The van der Waals surface area contributed by atoms with Gasteiger partial charge >= 0.3 is 10.2 Å². The van der Waals surface area contributed by atoms with Crippen LogP contribution in [-0.4, -0.2) is 45.8 Å². The quantitative estimate of drug-likeness (QED) is 0.875. The third kappa shape index (κ3) is 3.10. The number of hydrogen-bond donors (Lipinski definition) is 1. The smallest absolute Gasteiger partial charge is 0.303 e. The molecule has 0 unspecified atom stereocenters. The zero-order valence-electron chi connectivity index (χ0n) is 11.8. The van der Waals surface area contributed by atoms with Crippen molar-refractivity contribution in [2.24, 2.45) is 0 Å². The minimum atomic E-state index is -3.51. The van der Waals surface area contributed by atoms with Crippen LogP contribution in [0.2, 0.25) is 0 Å². The van der Waals surface area contributed by atoms with E-state index in [-0.39, 0.29) is 5.91 Å². The Kier molecular flexibility index (Phi) is 4.01. The Morgan fingerprint density at radius 2 is 1.70 bits per heavy atom. The summed E-state index contributed by atoms with van der Waals surface area (Å²) in [5, 5.41) is 2.89. The van der Waals surface area contributed by atoms with E-state index in [1.54, 1.807) is 24.3 Å². The lowest BCUT2D eigenvalue weighted by atomic mass is 10.2. The molecule has 2 rings (SSSR count). The third-order valence-electron chi connectivity index (χ3n) is 3.21. The predicted octanol–water partition coefficient (Wildman–Crippen LogP) is 0.821. The number of amides is 1. The van der Waals surface area contributed by atoms with E-state index < -0.39 is 10.2 Å². The summed E-state index contributed by atoms with van der Waals surface area (Å²) in [5.74, 6) is -0.114. The summed E-state index contributed by atoms with van der Waals surface area (Å²) in [7, 11) is 0.926. The van der Waals surface area contributed by atoms with Crippen LogP contribution in [0.3, 0.4) is 0 Å². The van der Waals surface area contributed by atoms with E-state index >= 15 is 0 Å². The van der Waals surface area contributed by atoms with Gasteiger partial charge in [-0.15, -0.1) is 0 Å². The molecule has 1 aromatic rings. The first kappa shape index (κ1) is 14.8. The Hall–Kier alpha value is -1.60. The maximum atomic E-state index is 12.0. The largest absolute Gasteiger partial charge is 0.349 e. The number of anilines is 1. The molecule has 7 heteroatoms. The standard InChI is InChI=1S/C13H19N3O3S/c1-15(2)20(18,19)16(3)12-8-4-10(5-9-12)13(17)14-11-6-7-11/h4-5,8-9,11H,6-7H2,1-3H3,(H,14,17). The molecule has 1 aliphatic rings. The minimum absolute atomic E-state index is 0.114. The Balaban J connectivity index is 2.13. The van der Waals surface area contributed by atoms with Crippen molar-refractivity contribution in [1.29, 1.82) is 0 Å². The molecule has 1 aromatic carbocycles. The number of hydrogen-bond acceptors (Lipinski definition) is 3. The summed E-state index contributed by atoms with van der Waals surface area (Å²) in [4.78, 5) is 11.8. The first-order valence-corrected chi connectivity index (χ1v) is 7.79. The van der Waals surface area contributed by atoms with Crippen molar-refractivity contribution in [2.45, 2.75) is 18.9 Å². The molecule has 1 fully saturated rings. The second-order valence-corrected chi connectivity index (χ2v) is 7.23. The van der Waals surface area contributed by atoms with Gasteiger partial charge in [0.2, 0.25) is 0 Å². The first-order valence-electron chi connectivity index (χ1n) is 6.39. The summed E-state index contributed by atoms with van der Waals surface area (Å²) in [5.41, 5.74) is 1.05. The highest BCUT2D eigenvalue weighted by molar-refractivity contribution is 7.90. The zero-order valence-corrected chi connectivity index (χ0v) is 12.6. The van der Waals surface area contributed by atoms with Crippen molar-refractivity contribution in [3.8, 4) is 0 Å². The lowest BCUT2D eigenvalue weighted by Crippen LogP contribution is -2.37. The maximum absolute atomic E-state index is 12.0. The molecule has 1 N–H and O–H groups in total. The fraction of sp³-hybridized carbons (Fsp3) is 0.462. The molecular weight excluding hydrogens is 278 g/mol. The van der Waals surface area contributed by atoms with Crippen LogP contribution in [0.5, 0.6) is 0 Å². The fourth-order valence-corrected chi connectivity index (χ4v) is 2.58. The Bertz CT molecular complexity index is 592. The van der Waals surface area contributed by atoms with Crippen LogP contribution in [0, 0.1) is 0 Å². The van der Waals surface area contributed by atoms with Crippen LogP contribution in [0.4, 0.5) is 5.69 Å². The Morgan fingerprint density at radius 3 is 2.15 bits per heavy atom. The molecule has 20 heavy (non-hydrogen) atoms. The van der Waals surface area contributed by atoms with E-state index in [0.717, 1.165) is 17.1 Å². The van der Waals surface area contributed by atoms with Gasteiger partial charge in [-0.3, -0.25) is 9.10 Å². The van der Waals surface area contributed by atoms with Gasteiger partial charge in [-0.1, -0.05) is 0 Å². The van der Waals surface area contributed by atoms with Crippen LogP contribution >= 0.6 is 0 Å². The molecular formula is C13H19N3O3S. The molecule has 110 valence electrons. The lowest BCUT2D eigenvalue weighted by Gasteiger charge is -2.23.